The van der Waals surface area contributed by atoms with E-state index in [0.29, 0.717) is 23.5 Å². The lowest BCUT2D eigenvalue weighted by Gasteiger charge is -2.05. The number of para-hydroxylation sites is 2. The van der Waals surface area contributed by atoms with E-state index in [1.54, 1.807) is 18.2 Å². The van der Waals surface area contributed by atoms with Crippen LogP contribution in [-0.4, -0.2) is 9.55 Å². The second kappa shape index (κ2) is 5.82. The van der Waals surface area contributed by atoms with E-state index in [0.717, 1.165) is 11.0 Å². The minimum absolute atomic E-state index is 0.324. The highest BCUT2D eigenvalue weighted by Crippen LogP contribution is 2.23. The first-order valence-corrected chi connectivity index (χ1v) is 7.06. The Morgan fingerprint density at radius 1 is 1.27 bits per heavy atom. The van der Waals surface area contributed by atoms with Crippen LogP contribution in [0, 0.1) is 17.1 Å². The molecule has 0 aliphatic rings. The third-order valence-electron chi connectivity index (χ3n) is 3.49. The normalized spacial score (nSPS) is 11.6. The molecular weight excluding hydrogens is 277 g/mol. The zero-order valence-electron chi connectivity index (χ0n) is 12.1. The van der Waals surface area contributed by atoms with Crippen LogP contribution in [0.4, 0.5) is 4.39 Å². The van der Waals surface area contributed by atoms with Crippen LogP contribution in [-0.2, 0) is 6.54 Å². The van der Waals surface area contributed by atoms with Crippen molar-refractivity contribution in [2.45, 2.75) is 13.5 Å². The first kappa shape index (κ1) is 14.0. The molecule has 3 aromatic rings. The number of imidazole rings is 1. The number of rotatable bonds is 3. The summed E-state index contributed by atoms with van der Waals surface area (Å²) in [7, 11) is 0. The fourth-order valence-electron chi connectivity index (χ4n) is 2.51. The molecule has 108 valence electrons. The van der Waals surface area contributed by atoms with E-state index in [4.69, 9.17) is 0 Å². The van der Waals surface area contributed by atoms with Gasteiger partial charge in [0, 0.05) is 6.54 Å². The molecule has 0 radical (unpaired) electrons. The Labute approximate surface area is 128 Å². The smallest absolute Gasteiger partial charge is 0.151 e. The standard InChI is InChI=1S/C18H14FN3/c1-2-22-17-9-4-3-8-16(17)21-18(22)14(12-20)10-13-6-5-7-15(19)11-13/h3-11H,2H2,1H3/b14-10-. The van der Waals surface area contributed by atoms with E-state index in [-0.39, 0.29) is 5.82 Å². The van der Waals surface area contributed by atoms with Crippen molar-refractivity contribution in [1.29, 1.82) is 5.26 Å². The van der Waals surface area contributed by atoms with Gasteiger partial charge in [0.25, 0.3) is 0 Å². The minimum atomic E-state index is -0.324. The van der Waals surface area contributed by atoms with E-state index < -0.39 is 0 Å². The molecule has 0 saturated carbocycles. The quantitative estimate of drug-likeness (QED) is 0.677. The Morgan fingerprint density at radius 3 is 2.82 bits per heavy atom. The molecule has 4 heteroatoms. The zero-order valence-corrected chi connectivity index (χ0v) is 12.1. The Hall–Kier alpha value is -2.93. The number of fused-ring (bicyclic) bond motifs is 1. The van der Waals surface area contributed by atoms with Crippen molar-refractivity contribution in [3.05, 3.63) is 65.7 Å². The Bertz CT molecular complexity index is 900. The Morgan fingerprint density at radius 2 is 2.09 bits per heavy atom. The summed E-state index contributed by atoms with van der Waals surface area (Å²) >= 11 is 0. The lowest BCUT2D eigenvalue weighted by molar-refractivity contribution is 0.627. The van der Waals surface area contributed by atoms with Gasteiger partial charge in [-0.2, -0.15) is 5.26 Å². The molecule has 3 rings (SSSR count). The molecule has 0 bridgehead atoms. The van der Waals surface area contributed by atoms with Crippen LogP contribution < -0.4 is 0 Å². The van der Waals surface area contributed by atoms with Crippen molar-refractivity contribution in [3.8, 4) is 6.07 Å². The molecule has 0 unspecified atom stereocenters. The van der Waals surface area contributed by atoms with Crippen molar-refractivity contribution < 1.29 is 4.39 Å². The van der Waals surface area contributed by atoms with Crippen molar-refractivity contribution in [2.75, 3.05) is 0 Å². The van der Waals surface area contributed by atoms with E-state index in [9.17, 15) is 9.65 Å². The van der Waals surface area contributed by atoms with E-state index in [2.05, 4.69) is 11.1 Å². The van der Waals surface area contributed by atoms with E-state index in [1.807, 2.05) is 35.8 Å². The predicted molar refractivity (Wildman–Crippen MR) is 85.3 cm³/mol. The number of nitrogens with zero attached hydrogens (tertiary/aromatic N) is 3. The number of hydrogen-bond acceptors (Lipinski definition) is 2. The zero-order chi connectivity index (χ0) is 15.5. The summed E-state index contributed by atoms with van der Waals surface area (Å²) in [5.41, 5.74) is 2.90. The average Bonchev–Trinajstić information content (AvgIpc) is 2.91. The van der Waals surface area contributed by atoms with Crippen molar-refractivity contribution >= 4 is 22.7 Å². The maximum Gasteiger partial charge on any atom is 0.151 e. The fourth-order valence-corrected chi connectivity index (χ4v) is 2.51. The minimum Gasteiger partial charge on any atom is -0.324 e. The van der Waals surface area contributed by atoms with Crippen LogP contribution in [0.2, 0.25) is 0 Å². The molecule has 22 heavy (non-hydrogen) atoms. The van der Waals surface area contributed by atoms with Crippen molar-refractivity contribution in [1.82, 2.24) is 9.55 Å². The highest BCUT2D eigenvalue weighted by atomic mass is 19.1. The molecule has 2 aromatic carbocycles. The van der Waals surface area contributed by atoms with Crippen LogP contribution in [0.25, 0.3) is 22.7 Å². The van der Waals surface area contributed by atoms with Gasteiger partial charge < -0.3 is 4.57 Å². The number of allylic oxidation sites excluding steroid dienone is 1. The van der Waals surface area contributed by atoms with Crippen LogP contribution in [0.3, 0.4) is 0 Å². The molecule has 1 aromatic heterocycles. The summed E-state index contributed by atoms with van der Waals surface area (Å²) in [5, 5.41) is 9.49. The first-order chi connectivity index (χ1) is 10.7. The van der Waals surface area contributed by atoms with Gasteiger partial charge in [-0.3, -0.25) is 0 Å². The van der Waals surface area contributed by atoms with Gasteiger partial charge in [-0.25, -0.2) is 9.37 Å². The number of aryl methyl sites for hydroxylation is 1. The average molecular weight is 291 g/mol. The number of hydrogen-bond donors (Lipinski definition) is 0. The molecule has 0 aliphatic carbocycles. The SMILES string of the molecule is CCn1c(/C(C#N)=C\c2cccc(F)c2)nc2ccccc21. The summed E-state index contributed by atoms with van der Waals surface area (Å²) < 4.78 is 15.3. The van der Waals surface area contributed by atoms with Gasteiger partial charge in [0.1, 0.15) is 11.9 Å². The molecule has 3 nitrogen and oxygen atoms in total. The summed E-state index contributed by atoms with van der Waals surface area (Å²) in [6.45, 7) is 2.72. The Kier molecular flexibility index (Phi) is 3.71. The predicted octanol–water partition coefficient (Wildman–Crippen LogP) is 4.26. The summed E-state index contributed by atoms with van der Waals surface area (Å²) in [5.74, 6) is 0.283. The first-order valence-electron chi connectivity index (χ1n) is 7.06. The van der Waals surface area contributed by atoms with Crippen LogP contribution in [0.1, 0.15) is 18.3 Å². The van der Waals surface area contributed by atoms with Crippen molar-refractivity contribution in [3.63, 3.8) is 0 Å². The second-order valence-corrected chi connectivity index (χ2v) is 4.89. The topological polar surface area (TPSA) is 41.6 Å². The molecule has 0 atom stereocenters. The summed E-state index contributed by atoms with van der Waals surface area (Å²) in [6, 6.07) is 16.1. The van der Waals surface area contributed by atoms with Gasteiger partial charge in [-0.15, -0.1) is 0 Å². The summed E-state index contributed by atoms with van der Waals surface area (Å²) in [4.78, 5) is 4.55. The molecule has 0 aliphatic heterocycles. The van der Waals surface area contributed by atoms with Gasteiger partial charge in [0.15, 0.2) is 5.82 Å². The number of aromatic nitrogens is 2. The van der Waals surface area contributed by atoms with Gasteiger partial charge >= 0.3 is 0 Å². The van der Waals surface area contributed by atoms with Crippen molar-refractivity contribution in [2.24, 2.45) is 0 Å². The third-order valence-corrected chi connectivity index (χ3v) is 3.49. The molecule has 0 fully saturated rings. The summed E-state index contributed by atoms with van der Waals surface area (Å²) in [6.07, 6.45) is 1.66. The lowest BCUT2D eigenvalue weighted by atomic mass is 10.1. The molecular formula is C18H14FN3. The molecule has 1 heterocycles. The van der Waals surface area contributed by atoms with E-state index in [1.165, 1.54) is 12.1 Å². The molecule has 0 N–H and O–H groups in total. The van der Waals surface area contributed by atoms with Gasteiger partial charge in [-0.1, -0.05) is 24.3 Å². The monoisotopic (exact) mass is 291 g/mol. The fraction of sp³-hybridized carbons (Fsp3) is 0.111. The highest BCUT2D eigenvalue weighted by Gasteiger charge is 2.13. The Balaban J connectivity index is 2.17. The van der Waals surface area contributed by atoms with Crippen LogP contribution in [0.5, 0.6) is 0 Å². The van der Waals surface area contributed by atoms with Crippen LogP contribution >= 0.6 is 0 Å². The number of nitriles is 1. The lowest BCUT2D eigenvalue weighted by Crippen LogP contribution is -2.00. The van der Waals surface area contributed by atoms with E-state index >= 15 is 0 Å². The maximum atomic E-state index is 13.3. The molecule has 0 amide bonds. The number of halogens is 1. The maximum absolute atomic E-state index is 13.3. The largest absolute Gasteiger partial charge is 0.324 e. The highest BCUT2D eigenvalue weighted by molar-refractivity contribution is 5.90. The van der Waals surface area contributed by atoms with Gasteiger partial charge in [-0.05, 0) is 42.8 Å². The molecule has 0 saturated heterocycles. The third kappa shape index (κ3) is 2.49. The molecule has 0 spiro atoms. The number of benzene rings is 2. The van der Waals surface area contributed by atoms with Crippen LogP contribution in [0.15, 0.2) is 48.5 Å². The second-order valence-electron chi connectivity index (χ2n) is 4.89. The van der Waals surface area contributed by atoms with Gasteiger partial charge in [0.2, 0.25) is 0 Å². The van der Waals surface area contributed by atoms with Gasteiger partial charge in [0.05, 0.1) is 16.6 Å².